The molecule has 1 aliphatic heterocycles. The van der Waals surface area contributed by atoms with Gasteiger partial charge in [0.05, 0.1) is 10.5 Å². The lowest BCUT2D eigenvalue weighted by Crippen LogP contribution is -2.43. The molecule has 2 aromatic carbocycles. The fourth-order valence-electron chi connectivity index (χ4n) is 3.04. The van der Waals surface area contributed by atoms with Gasteiger partial charge < -0.3 is 10.1 Å². The fraction of sp³-hybridized carbons (Fsp3) is 0.278. The van der Waals surface area contributed by atoms with E-state index in [1.54, 1.807) is 0 Å². The second-order valence-electron chi connectivity index (χ2n) is 5.92. The van der Waals surface area contributed by atoms with Gasteiger partial charge in [0.2, 0.25) is 0 Å². The Kier molecular flexibility index (Phi) is 5.01. The predicted molar refractivity (Wildman–Crippen MR) is 93.7 cm³/mol. The zero-order chi connectivity index (χ0) is 17.9. The van der Waals surface area contributed by atoms with Crippen LogP contribution in [0, 0.1) is 10.1 Å². The molecule has 0 bridgehead atoms. The van der Waals surface area contributed by atoms with Crippen LogP contribution in [-0.2, 0) is 10.3 Å². The number of nitro groups is 1. The van der Waals surface area contributed by atoms with Gasteiger partial charge in [0.1, 0.15) is 10.6 Å². The Hall–Kier alpha value is -2.44. The number of nitrogens with one attached hydrogen (secondary N) is 1. The number of carbonyl (C=O) groups excluding carboxylic acids is 1. The summed E-state index contributed by atoms with van der Waals surface area (Å²) < 4.78 is 5.88. The maximum atomic E-state index is 12.7. The van der Waals surface area contributed by atoms with Crippen LogP contribution in [0.2, 0.25) is 5.02 Å². The minimum atomic E-state index is -0.738. The lowest BCUT2D eigenvalue weighted by atomic mass is 9.84. The van der Waals surface area contributed by atoms with Crippen molar-refractivity contribution in [3.8, 4) is 0 Å². The van der Waals surface area contributed by atoms with Crippen molar-refractivity contribution in [1.29, 1.82) is 0 Å². The number of rotatable bonds is 4. The minimum absolute atomic E-state index is 0.0128. The Morgan fingerprint density at radius 1 is 1.16 bits per heavy atom. The van der Waals surface area contributed by atoms with Crippen LogP contribution in [0.4, 0.5) is 5.69 Å². The van der Waals surface area contributed by atoms with Crippen molar-refractivity contribution < 1.29 is 14.5 Å². The second-order valence-corrected chi connectivity index (χ2v) is 6.33. The van der Waals surface area contributed by atoms with Gasteiger partial charge in [-0.1, -0.05) is 41.9 Å². The molecule has 1 aliphatic rings. The van der Waals surface area contributed by atoms with E-state index in [4.69, 9.17) is 16.3 Å². The molecule has 1 saturated heterocycles. The lowest BCUT2D eigenvalue weighted by molar-refractivity contribution is -0.384. The number of piperidine rings is 1. The molecule has 0 spiro atoms. The highest BCUT2D eigenvalue weighted by Gasteiger charge is 2.38. The van der Waals surface area contributed by atoms with Gasteiger partial charge in [0.15, 0.2) is 0 Å². The average Bonchev–Trinajstić information content (AvgIpc) is 2.63. The van der Waals surface area contributed by atoms with Crippen molar-refractivity contribution in [3.05, 3.63) is 74.8 Å². The fourth-order valence-corrected chi connectivity index (χ4v) is 3.22. The zero-order valence-electron chi connectivity index (χ0n) is 13.4. The first kappa shape index (κ1) is 17.4. The second kappa shape index (κ2) is 7.21. The van der Waals surface area contributed by atoms with Crippen molar-refractivity contribution in [2.75, 3.05) is 13.1 Å². The minimum Gasteiger partial charge on any atom is -0.450 e. The van der Waals surface area contributed by atoms with Crippen LogP contribution < -0.4 is 5.32 Å². The maximum Gasteiger partial charge on any atom is 0.339 e. The molecule has 6 nitrogen and oxygen atoms in total. The van der Waals surface area contributed by atoms with Gasteiger partial charge in [-0.25, -0.2) is 4.79 Å². The molecule has 1 heterocycles. The Morgan fingerprint density at radius 3 is 2.48 bits per heavy atom. The van der Waals surface area contributed by atoms with Gasteiger partial charge in [0.25, 0.3) is 5.69 Å². The van der Waals surface area contributed by atoms with E-state index in [1.807, 2.05) is 30.3 Å². The number of carbonyl (C=O) groups is 1. The number of hydrogen-bond donors (Lipinski definition) is 1. The van der Waals surface area contributed by atoms with Crippen LogP contribution in [0.25, 0.3) is 0 Å². The van der Waals surface area contributed by atoms with Crippen LogP contribution in [0.15, 0.2) is 48.5 Å². The van der Waals surface area contributed by atoms with E-state index >= 15 is 0 Å². The summed E-state index contributed by atoms with van der Waals surface area (Å²) in [5.41, 5.74) is -0.00805. The van der Waals surface area contributed by atoms with Crippen LogP contribution in [0.1, 0.15) is 28.8 Å². The van der Waals surface area contributed by atoms with Crippen molar-refractivity contribution in [1.82, 2.24) is 5.32 Å². The molecule has 1 N–H and O–H groups in total. The van der Waals surface area contributed by atoms with Gasteiger partial charge in [-0.15, -0.1) is 0 Å². The number of hydrogen-bond acceptors (Lipinski definition) is 5. The average molecular weight is 361 g/mol. The first-order valence-corrected chi connectivity index (χ1v) is 8.33. The molecule has 130 valence electrons. The van der Waals surface area contributed by atoms with Crippen LogP contribution >= 0.6 is 11.6 Å². The molecule has 0 unspecified atom stereocenters. The van der Waals surface area contributed by atoms with E-state index in [-0.39, 0.29) is 16.3 Å². The zero-order valence-corrected chi connectivity index (χ0v) is 14.2. The first-order valence-electron chi connectivity index (χ1n) is 7.95. The van der Waals surface area contributed by atoms with Crippen molar-refractivity contribution in [3.63, 3.8) is 0 Å². The van der Waals surface area contributed by atoms with E-state index in [0.717, 1.165) is 24.7 Å². The summed E-state index contributed by atoms with van der Waals surface area (Å²) in [5.74, 6) is -0.592. The Morgan fingerprint density at radius 2 is 1.84 bits per heavy atom. The number of nitrogens with zero attached hydrogens (tertiary/aromatic N) is 1. The van der Waals surface area contributed by atoms with Gasteiger partial charge in [-0.05, 0) is 30.8 Å². The molecule has 0 saturated carbocycles. The Bertz CT molecular complexity index is 789. The quantitative estimate of drug-likeness (QED) is 0.511. The third-order valence-corrected chi connectivity index (χ3v) is 4.70. The number of ether oxygens (including phenoxy) is 1. The maximum absolute atomic E-state index is 12.7. The first-order chi connectivity index (χ1) is 12.0. The molecule has 0 radical (unpaired) electrons. The molecular formula is C18H17ClN2O4. The van der Waals surface area contributed by atoms with E-state index in [1.165, 1.54) is 12.1 Å². The van der Waals surface area contributed by atoms with Crippen molar-refractivity contribution >= 4 is 23.3 Å². The van der Waals surface area contributed by atoms with Crippen molar-refractivity contribution in [2.45, 2.75) is 18.4 Å². The van der Waals surface area contributed by atoms with E-state index in [0.29, 0.717) is 12.8 Å². The van der Waals surface area contributed by atoms with Gasteiger partial charge in [-0.3, -0.25) is 10.1 Å². The van der Waals surface area contributed by atoms with Crippen LogP contribution in [-0.4, -0.2) is 24.0 Å². The lowest BCUT2D eigenvalue weighted by Gasteiger charge is -2.37. The normalized spacial score (nSPS) is 16.2. The molecule has 0 aliphatic carbocycles. The van der Waals surface area contributed by atoms with Crippen LogP contribution in [0.3, 0.4) is 0 Å². The monoisotopic (exact) mass is 360 g/mol. The number of benzene rings is 2. The molecule has 0 amide bonds. The predicted octanol–water partition coefficient (Wildman–Crippen LogP) is 3.68. The molecule has 25 heavy (non-hydrogen) atoms. The number of halogens is 1. The summed E-state index contributed by atoms with van der Waals surface area (Å²) in [6.07, 6.45) is 1.27. The molecule has 3 rings (SSSR count). The number of nitro benzene ring substituents is 1. The largest absolute Gasteiger partial charge is 0.450 e. The third kappa shape index (κ3) is 3.65. The Labute approximate surface area is 149 Å². The molecule has 7 heteroatoms. The van der Waals surface area contributed by atoms with Crippen molar-refractivity contribution in [2.24, 2.45) is 0 Å². The number of esters is 1. The van der Waals surface area contributed by atoms with Gasteiger partial charge in [0, 0.05) is 18.9 Å². The molecule has 1 fully saturated rings. The summed E-state index contributed by atoms with van der Waals surface area (Å²) in [7, 11) is 0. The summed E-state index contributed by atoms with van der Waals surface area (Å²) >= 11 is 5.81. The molecular weight excluding hydrogens is 344 g/mol. The SMILES string of the molecule is O=C(OC1(c2ccccc2)CCNCC1)c1ccc(Cl)c([N+](=O)[O-])c1. The van der Waals surface area contributed by atoms with E-state index < -0.39 is 16.5 Å². The van der Waals surface area contributed by atoms with Gasteiger partial charge in [-0.2, -0.15) is 0 Å². The van der Waals surface area contributed by atoms with Gasteiger partial charge >= 0.3 is 5.97 Å². The van der Waals surface area contributed by atoms with E-state index in [9.17, 15) is 14.9 Å². The standard InChI is InChI=1S/C18H17ClN2O4/c19-15-7-6-13(12-16(15)21(23)24)17(22)25-18(8-10-20-11-9-18)14-4-2-1-3-5-14/h1-7,12,20H,8-11H2. The molecule has 2 aromatic rings. The summed E-state index contributed by atoms with van der Waals surface area (Å²) in [4.78, 5) is 23.1. The van der Waals surface area contributed by atoms with Crippen LogP contribution in [0.5, 0.6) is 0 Å². The summed E-state index contributed by atoms with van der Waals surface area (Å²) in [6.45, 7) is 1.45. The summed E-state index contributed by atoms with van der Waals surface area (Å²) in [5, 5.41) is 14.3. The topological polar surface area (TPSA) is 81.5 Å². The third-order valence-electron chi connectivity index (χ3n) is 4.38. The summed E-state index contributed by atoms with van der Waals surface area (Å²) in [6, 6.07) is 13.5. The molecule has 0 atom stereocenters. The molecule has 0 aromatic heterocycles. The highest BCUT2D eigenvalue weighted by Crippen LogP contribution is 2.36. The Balaban J connectivity index is 1.91. The smallest absolute Gasteiger partial charge is 0.339 e. The highest BCUT2D eigenvalue weighted by molar-refractivity contribution is 6.32. The van der Waals surface area contributed by atoms with E-state index in [2.05, 4.69) is 5.32 Å². The highest BCUT2D eigenvalue weighted by atomic mass is 35.5.